The van der Waals surface area contributed by atoms with Gasteiger partial charge >= 0.3 is 0 Å². The Bertz CT molecular complexity index is 1190. The summed E-state index contributed by atoms with van der Waals surface area (Å²) in [6, 6.07) is 14.5. The number of benzene rings is 1. The van der Waals surface area contributed by atoms with Crippen molar-refractivity contribution in [1.29, 1.82) is 0 Å². The number of carbonyl (C=O) groups excluding carboxylic acids is 1. The molecular weight excluding hydrogens is 426 g/mol. The van der Waals surface area contributed by atoms with Crippen LogP contribution in [0.1, 0.15) is 6.42 Å². The summed E-state index contributed by atoms with van der Waals surface area (Å²) in [7, 11) is 0. The molecule has 158 valence electrons. The van der Waals surface area contributed by atoms with Gasteiger partial charge in [-0.3, -0.25) is 9.69 Å². The molecule has 31 heavy (non-hydrogen) atoms. The highest BCUT2D eigenvalue weighted by Crippen LogP contribution is 2.40. The maximum atomic E-state index is 11.4. The second kappa shape index (κ2) is 8.74. The maximum absolute atomic E-state index is 11.4. The van der Waals surface area contributed by atoms with E-state index in [1.165, 1.54) is 11.1 Å². The zero-order valence-corrected chi connectivity index (χ0v) is 18.7. The Labute approximate surface area is 189 Å². The number of hydrogen-bond acceptors (Lipinski definition) is 7. The number of carbonyl (C=O) groups is 1. The van der Waals surface area contributed by atoms with E-state index in [4.69, 9.17) is 15.7 Å². The summed E-state index contributed by atoms with van der Waals surface area (Å²) in [6.07, 6.45) is 0.956. The van der Waals surface area contributed by atoms with E-state index < -0.39 is 0 Å². The number of primary amides is 1. The van der Waals surface area contributed by atoms with E-state index in [1.807, 2.05) is 12.1 Å². The second-order valence-electron chi connectivity index (χ2n) is 7.63. The first-order valence-electron chi connectivity index (χ1n) is 10.3. The largest absolute Gasteiger partial charge is 0.369 e. The summed E-state index contributed by atoms with van der Waals surface area (Å²) in [6.45, 7) is 3.64. The van der Waals surface area contributed by atoms with Gasteiger partial charge < -0.3 is 10.6 Å². The molecule has 0 aliphatic carbocycles. The van der Waals surface area contributed by atoms with Gasteiger partial charge in [-0.2, -0.15) is 0 Å². The third-order valence-corrected chi connectivity index (χ3v) is 7.25. The fourth-order valence-corrected chi connectivity index (χ4v) is 5.66. The molecule has 1 saturated heterocycles. The number of nitrogens with zero attached hydrogens (tertiary/aromatic N) is 4. The van der Waals surface area contributed by atoms with Crippen molar-refractivity contribution >= 4 is 44.6 Å². The molecule has 4 aromatic rings. The Morgan fingerprint density at radius 2 is 1.87 bits per heavy atom. The number of fused-ring (bicyclic) bond motifs is 1. The van der Waals surface area contributed by atoms with Gasteiger partial charge in [-0.05, 0) is 23.4 Å². The van der Waals surface area contributed by atoms with Crippen LogP contribution in [-0.2, 0) is 4.79 Å². The number of amides is 1. The fourth-order valence-electron chi connectivity index (χ4n) is 4.06. The summed E-state index contributed by atoms with van der Waals surface area (Å²) < 4.78 is 0. The molecule has 4 heterocycles. The Kier molecular flexibility index (Phi) is 5.67. The highest BCUT2D eigenvalue weighted by atomic mass is 32.1. The maximum Gasteiger partial charge on any atom is 0.231 e. The predicted molar refractivity (Wildman–Crippen MR) is 129 cm³/mol. The molecule has 2 N–H and O–H groups in total. The standard InChI is InChI=1S/C23H23N5OS2/c24-19(29)14-27-9-5-10-28(12-11-27)22-20-17(16-6-2-1-3-7-16)15-31-23(20)26-21(25-22)18-8-4-13-30-18/h1-4,6-8,13,15H,5,9-12,14H2,(H2,24,29). The third kappa shape index (κ3) is 4.19. The van der Waals surface area contributed by atoms with Crippen molar-refractivity contribution in [3.63, 3.8) is 0 Å². The van der Waals surface area contributed by atoms with Crippen LogP contribution in [0.15, 0.2) is 53.2 Å². The zero-order chi connectivity index (χ0) is 21.2. The quantitative estimate of drug-likeness (QED) is 0.497. The molecule has 0 spiro atoms. The first-order chi connectivity index (χ1) is 15.2. The lowest BCUT2D eigenvalue weighted by atomic mass is 10.1. The number of hydrogen-bond donors (Lipinski definition) is 1. The molecule has 1 fully saturated rings. The van der Waals surface area contributed by atoms with E-state index in [0.29, 0.717) is 6.54 Å². The van der Waals surface area contributed by atoms with Gasteiger partial charge in [0.05, 0.1) is 16.8 Å². The summed E-state index contributed by atoms with van der Waals surface area (Å²) in [4.78, 5) is 27.9. The third-order valence-electron chi connectivity index (χ3n) is 5.51. The molecule has 1 aliphatic heterocycles. The lowest BCUT2D eigenvalue weighted by Gasteiger charge is -2.24. The van der Waals surface area contributed by atoms with Crippen molar-refractivity contribution in [2.24, 2.45) is 5.73 Å². The van der Waals surface area contributed by atoms with Crippen LogP contribution in [-0.4, -0.2) is 53.5 Å². The van der Waals surface area contributed by atoms with Crippen molar-refractivity contribution in [3.8, 4) is 21.8 Å². The van der Waals surface area contributed by atoms with Crippen LogP contribution in [0.4, 0.5) is 5.82 Å². The highest BCUT2D eigenvalue weighted by Gasteiger charge is 2.23. The minimum atomic E-state index is -0.276. The Morgan fingerprint density at radius 3 is 2.65 bits per heavy atom. The molecule has 0 atom stereocenters. The van der Waals surface area contributed by atoms with Crippen molar-refractivity contribution in [2.75, 3.05) is 37.6 Å². The van der Waals surface area contributed by atoms with Crippen molar-refractivity contribution in [2.45, 2.75) is 6.42 Å². The average molecular weight is 450 g/mol. The SMILES string of the molecule is NC(=O)CN1CCCN(c2nc(-c3cccs3)nc3scc(-c4ccccc4)c23)CC1. The Hall–Kier alpha value is -2.81. The number of rotatable bonds is 5. The molecule has 0 bridgehead atoms. The zero-order valence-electron chi connectivity index (χ0n) is 17.0. The van der Waals surface area contributed by atoms with Crippen LogP contribution in [0, 0.1) is 0 Å². The van der Waals surface area contributed by atoms with Crippen LogP contribution in [0.25, 0.3) is 32.0 Å². The predicted octanol–water partition coefficient (Wildman–Crippen LogP) is 4.08. The first kappa shape index (κ1) is 20.1. The Balaban J connectivity index is 1.60. The average Bonchev–Trinajstić information content (AvgIpc) is 3.40. The number of anilines is 1. The minimum Gasteiger partial charge on any atom is -0.369 e. The van der Waals surface area contributed by atoms with Crippen LogP contribution < -0.4 is 10.6 Å². The number of nitrogens with two attached hydrogens (primary N) is 1. The van der Waals surface area contributed by atoms with Gasteiger partial charge in [0, 0.05) is 37.1 Å². The van der Waals surface area contributed by atoms with Crippen molar-refractivity contribution in [3.05, 3.63) is 53.2 Å². The number of thiophene rings is 2. The van der Waals surface area contributed by atoms with Gasteiger partial charge in [0.25, 0.3) is 0 Å². The van der Waals surface area contributed by atoms with Crippen LogP contribution in [0.2, 0.25) is 0 Å². The molecule has 0 saturated carbocycles. The van der Waals surface area contributed by atoms with Gasteiger partial charge in [0.15, 0.2) is 5.82 Å². The monoisotopic (exact) mass is 449 g/mol. The topological polar surface area (TPSA) is 75.4 Å². The molecule has 3 aromatic heterocycles. The van der Waals surface area contributed by atoms with Crippen molar-refractivity contribution in [1.82, 2.24) is 14.9 Å². The van der Waals surface area contributed by atoms with Gasteiger partial charge in [0.2, 0.25) is 5.91 Å². The van der Waals surface area contributed by atoms with E-state index >= 15 is 0 Å². The summed E-state index contributed by atoms with van der Waals surface area (Å²) in [5, 5.41) is 5.35. The van der Waals surface area contributed by atoms with Gasteiger partial charge in [0.1, 0.15) is 10.6 Å². The Morgan fingerprint density at radius 1 is 1.00 bits per heavy atom. The van der Waals surface area contributed by atoms with Crippen LogP contribution >= 0.6 is 22.7 Å². The fraction of sp³-hybridized carbons (Fsp3) is 0.261. The molecule has 5 rings (SSSR count). The molecule has 1 aliphatic rings. The lowest BCUT2D eigenvalue weighted by molar-refractivity contribution is -0.119. The number of aromatic nitrogens is 2. The molecule has 0 radical (unpaired) electrons. The van der Waals surface area contributed by atoms with E-state index in [9.17, 15) is 4.79 Å². The first-order valence-corrected chi connectivity index (χ1v) is 12.1. The second-order valence-corrected chi connectivity index (χ2v) is 9.43. The normalized spacial score (nSPS) is 15.3. The summed E-state index contributed by atoms with van der Waals surface area (Å²) in [5.74, 6) is 1.48. The van der Waals surface area contributed by atoms with E-state index in [2.05, 4.69) is 50.9 Å². The molecule has 6 nitrogen and oxygen atoms in total. The van der Waals surface area contributed by atoms with Crippen molar-refractivity contribution < 1.29 is 4.79 Å². The van der Waals surface area contributed by atoms with E-state index in [-0.39, 0.29) is 5.91 Å². The molecular formula is C23H23N5OS2. The summed E-state index contributed by atoms with van der Waals surface area (Å²) in [5.41, 5.74) is 7.77. The summed E-state index contributed by atoms with van der Waals surface area (Å²) >= 11 is 3.32. The molecule has 8 heteroatoms. The highest BCUT2D eigenvalue weighted by molar-refractivity contribution is 7.17. The van der Waals surface area contributed by atoms with Gasteiger partial charge in [-0.25, -0.2) is 9.97 Å². The smallest absolute Gasteiger partial charge is 0.231 e. The van der Waals surface area contributed by atoms with E-state index in [1.54, 1.807) is 22.7 Å². The molecule has 0 unspecified atom stereocenters. The van der Waals surface area contributed by atoms with Crippen LogP contribution in [0.5, 0.6) is 0 Å². The molecule has 1 aromatic carbocycles. The van der Waals surface area contributed by atoms with E-state index in [0.717, 1.165) is 59.3 Å². The van der Waals surface area contributed by atoms with Crippen LogP contribution in [0.3, 0.4) is 0 Å². The van der Waals surface area contributed by atoms with Gasteiger partial charge in [-0.15, -0.1) is 22.7 Å². The van der Waals surface area contributed by atoms with Gasteiger partial charge in [-0.1, -0.05) is 36.4 Å². The lowest BCUT2D eigenvalue weighted by Crippen LogP contribution is -2.36. The minimum absolute atomic E-state index is 0.276. The molecule has 1 amide bonds.